The molecule has 0 aliphatic carbocycles. The zero-order chi connectivity index (χ0) is 14.9. The van der Waals surface area contributed by atoms with Crippen LogP contribution in [0.3, 0.4) is 0 Å². The van der Waals surface area contributed by atoms with Gasteiger partial charge in [-0.15, -0.1) is 0 Å². The standard InChI is InChI=1S/C12H8N2O6.Na.H2O.H/c15-9-7(10(16)17)8(11(18)19)14(12(20)13-9)6-4-2-1-3-5-6;;;/h1-5H,(H,16,17)(H,18,19)(H,13,15,20);;1H2;. The molecule has 0 fully saturated rings. The zero-order valence-corrected chi connectivity index (χ0v) is 10.4. The molecular formula is C12H11N2NaO7. The summed E-state index contributed by atoms with van der Waals surface area (Å²) in [5.74, 6) is -3.41. The molecule has 0 radical (unpaired) electrons. The van der Waals surface area contributed by atoms with E-state index in [2.05, 4.69) is 0 Å². The first kappa shape index (κ1) is 19.8. The van der Waals surface area contributed by atoms with Crippen LogP contribution in [0.4, 0.5) is 0 Å². The van der Waals surface area contributed by atoms with E-state index in [1.807, 2.05) is 0 Å². The summed E-state index contributed by atoms with van der Waals surface area (Å²) in [6.07, 6.45) is 0. The van der Waals surface area contributed by atoms with E-state index >= 15 is 0 Å². The van der Waals surface area contributed by atoms with Crippen LogP contribution in [0.2, 0.25) is 0 Å². The van der Waals surface area contributed by atoms with Gasteiger partial charge in [0.1, 0.15) is 0 Å². The van der Waals surface area contributed by atoms with Crippen molar-refractivity contribution < 1.29 is 25.3 Å². The van der Waals surface area contributed by atoms with Gasteiger partial charge in [0.15, 0.2) is 11.3 Å². The first-order valence-electron chi connectivity index (χ1n) is 5.35. The number of H-pyrrole nitrogens is 1. The average Bonchev–Trinajstić information content (AvgIpc) is 2.38. The minimum atomic E-state index is -1.73. The maximum absolute atomic E-state index is 11.8. The topological polar surface area (TPSA) is 161 Å². The van der Waals surface area contributed by atoms with Crippen molar-refractivity contribution >= 4 is 41.5 Å². The molecule has 2 aromatic rings. The van der Waals surface area contributed by atoms with Crippen molar-refractivity contribution in [1.82, 2.24) is 9.55 Å². The Morgan fingerprint density at radius 2 is 1.55 bits per heavy atom. The third-order valence-corrected chi connectivity index (χ3v) is 2.54. The van der Waals surface area contributed by atoms with Gasteiger partial charge in [0.2, 0.25) is 0 Å². The van der Waals surface area contributed by atoms with Gasteiger partial charge in [-0.25, -0.2) is 14.4 Å². The molecule has 0 bridgehead atoms. The number of rotatable bonds is 3. The molecule has 22 heavy (non-hydrogen) atoms. The molecule has 1 aromatic carbocycles. The second kappa shape index (κ2) is 7.71. The maximum atomic E-state index is 11.8. The second-order valence-electron chi connectivity index (χ2n) is 3.76. The normalized spacial score (nSPS) is 9.27. The van der Waals surface area contributed by atoms with Crippen molar-refractivity contribution in [2.24, 2.45) is 0 Å². The number of hydrogen-bond acceptors (Lipinski definition) is 4. The van der Waals surface area contributed by atoms with Gasteiger partial charge in [0.25, 0.3) is 5.56 Å². The van der Waals surface area contributed by atoms with Gasteiger partial charge in [-0.05, 0) is 12.1 Å². The third kappa shape index (κ3) is 3.52. The van der Waals surface area contributed by atoms with Crippen LogP contribution in [-0.4, -0.2) is 66.7 Å². The van der Waals surface area contributed by atoms with Gasteiger partial charge >= 0.3 is 47.2 Å². The first-order chi connectivity index (χ1) is 9.43. The van der Waals surface area contributed by atoms with Crippen LogP contribution >= 0.6 is 0 Å². The second-order valence-corrected chi connectivity index (χ2v) is 3.76. The molecule has 0 saturated heterocycles. The van der Waals surface area contributed by atoms with Gasteiger partial charge in [-0.1, -0.05) is 18.2 Å². The number of carbonyl (C=O) groups is 2. The fraction of sp³-hybridized carbons (Fsp3) is 0. The van der Waals surface area contributed by atoms with Crippen LogP contribution in [0.15, 0.2) is 39.9 Å². The predicted molar refractivity (Wildman–Crippen MR) is 77.3 cm³/mol. The molecule has 2 rings (SSSR count). The number of carboxylic acid groups (broad SMARTS) is 2. The Bertz CT molecular complexity index is 810. The number of aromatic carboxylic acids is 2. The van der Waals surface area contributed by atoms with E-state index in [4.69, 9.17) is 10.2 Å². The van der Waals surface area contributed by atoms with E-state index in [0.717, 1.165) is 0 Å². The molecule has 1 aromatic heterocycles. The predicted octanol–water partition coefficient (Wildman–Crippen LogP) is -1.55. The van der Waals surface area contributed by atoms with Crippen molar-refractivity contribution in [2.75, 3.05) is 0 Å². The Hall–Kier alpha value is -2.20. The van der Waals surface area contributed by atoms with Gasteiger partial charge in [0, 0.05) is 0 Å². The first-order valence-corrected chi connectivity index (χ1v) is 5.35. The number of nitrogens with one attached hydrogen (secondary N) is 1. The van der Waals surface area contributed by atoms with E-state index in [0.29, 0.717) is 4.57 Å². The molecular weight excluding hydrogens is 307 g/mol. The van der Waals surface area contributed by atoms with Crippen molar-refractivity contribution in [3.63, 3.8) is 0 Å². The monoisotopic (exact) mass is 318 g/mol. The van der Waals surface area contributed by atoms with E-state index in [-0.39, 0.29) is 40.7 Å². The summed E-state index contributed by atoms with van der Waals surface area (Å²) in [7, 11) is 0. The van der Waals surface area contributed by atoms with Gasteiger partial charge < -0.3 is 15.7 Å². The fourth-order valence-corrected chi connectivity index (χ4v) is 1.76. The zero-order valence-electron chi connectivity index (χ0n) is 10.4. The number of carboxylic acids is 2. The number of nitrogens with zero attached hydrogens (tertiary/aromatic N) is 1. The number of para-hydroxylation sites is 1. The fourth-order valence-electron chi connectivity index (χ4n) is 1.76. The molecule has 5 N–H and O–H groups in total. The molecule has 112 valence electrons. The molecule has 0 unspecified atom stereocenters. The van der Waals surface area contributed by atoms with Crippen LogP contribution in [-0.2, 0) is 0 Å². The molecule has 0 aliphatic rings. The van der Waals surface area contributed by atoms with Crippen molar-refractivity contribution in [2.45, 2.75) is 0 Å². The van der Waals surface area contributed by atoms with Crippen molar-refractivity contribution in [3.8, 4) is 5.69 Å². The SMILES string of the molecule is O.O=C(O)c1c(C(=O)O)n(-c2ccccc2)c(=O)[nH]c1=O.[NaH]. The minimum absolute atomic E-state index is 0. The van der Waals surface area contributed by atoms with Gasteiger partial charge in [0.05, 0.1) is 5.69 Å². The summed E-state index contributed by atoms with van der Waals surface area (Å²) in [5, 5.41) is 18.1. The van der Waals surface area contributed by atoms with Crippen LogP contribution < -0.4 is 11.2 Å². The number of aromatic amines is 1. The summed E-state index contributed by atoms with van der Waals surface area (Å²) in [6, 6.07) is 7.55. The van der Waals surface area contributed by atoms with E-state index in [1.54, 1.807) is 23.2 Å². The number of benzene rings is 1. The summed E-state index contributed by atoms with van der Waals surface area (Å²) in [6.45, 7) is 0. The third-order valence-electron chi connectivity index (χ3n) is 2.54. The Morgan fingerprint density at radius 1 is 1.00 bits per heavy atom. The molecule has 0 spiro atoms. The van der Waals surface area contributed by atoms with Crippen molar-refractivity contribution in [1.29, 1.82) is 0 Å². The molecule has 0 atom stereocenters. The average molecular weight is 318 g/mol. The summed E-state index contributed by atoms with van der Waals surface area (Å²) < 4.78 is 0.632. The quantitative estimate of drug-likeness (QED) is 0.580. The molecule has 1 heterocycles. The molecule has 0 amide bonds. The van der Waals surface area contributed by atoms with E-state index < -0.39 is 34.4 Å². The van der Waals surface area contributed by atoms with E-state index in [1.165, 1.54) is 12.1 Å². The van der Waals surface area contributed by atoms with Gasteiger partial charge in [-0.2, -0.15) is 0 Å². The Kier molecular flexibility index (Phi) is 6.94. The Morgan fingerprint density at radius 3 is 2.00 bits per heavy atom. The Balaban J connectivity index is 0.00000220. The van der Waals surface area contributed by atoms with Crippen LogP contribution in [0.25, 0.3) is 5.69 Å². The van der Waals surface area contributed by atoms with Crippen LogP contribution in [0, 0.1) is 0 Å². The van der Waals surface area contributed by atoms with Crippen LogP contribution in [0.5, 0.6) is 0 Å². The van der Waals surface area contributed by atoms with Gasteiger partial charge in [-0.3, -0.25) is 14.3 Å². The molecule has 0 aliphatic heterocycles. The van der Waals surface area contributed by atoms with E-state index in [9.17, 15) is 19.2 Å². The number of hydrogen-bond donors (Lipinski definition) is 3. The Labute approximate surface area is 144 Å². The van der Waals surface area contributed by atoms with Crippen molar-refractivity contribution in [3.05, 3.63) is 62.4 Å². The summed E-state index contributed by atoms with van der Waals surface area (Å²) in [5.41, 5.74) is -4.04. The van der Waals surface area contributed by atoms with Crippen LogP contribution in [0.1, 0.15) is 20.8 Å². The number of aromatic nitrogens is 2. The summed E-state index contributed by atoms with van der Waals surface area (Å²) in [4.78, 5) is 47.4. The molecule has 9 nitrogen and oxygen atoms in total. The summed E-state index contributed by atoms with van der Waals surface area (Å²) >= 11 is 0. The molecule has 0 saturated carbocycles. The molecule has 10 heteroatoms.